The predicted molar refractivity (Wildman–Crippen MR) is 93.7 cm³/mol. The van der Waals surface area contributed by atoms with E-state index in [1.54, 1.807) is 7.11 Å². The number of carbonyl (C=O) groups is 1. The van der Waals surface area contributed by atoms with Crippen LogP contribution in [0.15, 0.2) is 0 Å². The molecule has 1 aliphatic heterocycles. The van der Waals surface area contributed by atoms with Gasteiger partial charge in [0.2, 0.25) is 0 Å². The Labute approximate surface area is 142 Å². The van der Waals surface area contributed by atoms with Crippen molar-refractivity contribution in [1.82, 2.24) is 10.2 Å². The lowest BCUT2D eigenvalue weighted by atomic mass is 10.0. The van der Waals surface area contributed by atoms with Crippen LogP contribution in [0, 0.1) is 0 Å². The summed E-state index contributed by atoms with van der Waals surface area (Å²) >= 11 is 0. The summed E-state index contributed by atoms with van der Waals surface area (Å²) in [6.45, 7) is 11.7. The van der Waals surface area contributed by atoms with E-state index in [0.717, 1.165) is 45.3 Å². The van der Waals surface area contributed by atoms with Gasteiger partial charge in [0.25, 0.3) is 0 Å². The minimum atomic E-state index is -0.432. The minimum Gasteiger partial charge on any atom is -0.444 e. The van der Waals surface area contributed by atoms with Gasteiger partial charge in [-0.25, -0.2) is 4.79 Å². The lowest BCUT2D eigenvalue weighted by Crippen LogP contribution is -2.45. The van der Waals surface area contributed by atoms with Crippen LogP contribution in [-0.4, -0.2) is 55.0 Å². The summed E-state index contributed by atoms with van der Waals surface area (Å²) < 4.78 is 10.8. The molecule has 5 nitrogen and oxygen atoms in total. The smallest absolute Gasteiger partial charge is 0.410 e. The molecular weight excluding hydrogens is 292 g/mol. The lowest BCUT2D eigenvalue weighted by molar-refractivity contribution is 0.0212. The predicted octanol–water partition coefficient (Wildman–Crippen LogP) is 3.57. The Bertz CT molecular complexity index is 349. The van der Waals surface area contributed by atoms with Gasteiger partial charge >= 0.3 is 6.09 Å². The van der Waals surface area contributed by atoms with Crippen molar-refractivity contribution < 1.29 is 14.3 Å². The molecule has 1 rings (SSSR count). The van der Waals surface area contributed by atoms with Crippen molar-refractivity contribution in [3.63, 3.8) is 0 Å². The van der Waals surface area contributed by atoms with Crippen molar-refractivity contribution in [2.75, 3.05) is 20.3 Å². The molecule has 1 amide bonds. The Morgan fingerprint density at radius 3 is 2.65 bits per heavy atom. The molecule has 0 radical (unpaired) electrons. The fourth-order valence-corrected chi connectivity index (χ4v) is 3.28. The van der Waals surface area contributed by atoms with E-state index in [1.807, 2.05) is 25.7 Å². The summed E-state index contributed by atoms with van der Waals surface area (Å²) in [6, 6.07) is 1.02. The summed E-state index contributed by atoms with van der Waals surface area (Å²) in [5, 5.41) is 3.65. The molecule has 1 saturated heterocycles. The van der Waals surface area contributed by atoms with Crippen molar-refractivity contribution in [3.8, 4) is 0 Å². The molecule has 0 aliphatic carbocycles. The van der Waals surface area contributed by atoms with E-state index in [9.17, 15) is 4.79 Å². The number of hydrogen-bond donors (Lipinski definition) is 1. The zero-order valence-electron chi connectivity index (χ0n) is 15.9. The van der Waals surface area contributed by atoms with E-state index in [4.69, 9.17) is 9.47 Å². The zero-order chi connectivity index (χ0) is 17.5. The van der Waals surface area contributed by atoms with Crippen molar-refractivity contribution in [2.45, 2.75) is 90.4 Å². The van der Waals surface area contributed by atoms with E-state index in [0.29, 0.717) is 12.1 Å². The van der Waals surface area contributed by atoms with Crippen molar-refractivity contribution >= 4 is 6.09 Å². The Balaban J connectivity index is 2.51. The average Bonchev–Trinajstić information content (AvgIpc) is 2.85. The number of ether oxygens (including phenoxy) is 2. The fourth-order valence-electron chi connectivity index (χ4n) is 3.28. The number of nitrogens with zero attached hydrogens (tertiary/aromatic N) is 1. The normalized spacial score (nSPS) is 21.3. The van der Waals surface area contributed by atoms with Gasteiger partial charge in [0.15, 0.2) is 0 Å². The molecule has 1 aliphatic rings. The average molecular weight is 328 g/mol. The molecule has 0 saturated carbocycles. The molecule has 5 heteroatoms. The molecule has 0 spiro atoms. The summed E-state index contributed by atoms with van der Waals surface area (Å²) in [7, 11) is 1.75. The van der Waals surface area contributed by atoms with Crippen LogP contribution in [0.5, 0.6) is 0 Å². The van der Waals surface area contributed by atoms with Gasteiger partial charge < -0.3 is 19.7 Å². The summed E-state index contributed by atoms with van der Waals surface area (Å²) in [6.07, 6.45) is 5.17. The van der Waals surface area contributed by atoms with Crippen LogP contribution in [0.25, 0.3) is 0 Å². The number of methoxy groups -OCH3 is 1. The SMILES string of the molecule is CCCC(COC)NC(C)CC1CCCN1C(=O)OC(C)(C)C. The number of hydrogen-bond acceptors (Lipinski definition) is 4. The maximum Gasteiger partial charge on any atom is 0.410 e. The van der Waals surface area contributed by atoms with E-state index in [-0.39, 0.29) is 12.1 Å². The highest BCUT2D eigenvalue weighted by molar-refractivity contribution is 5.68. The Morgan fingerprint density at radius 2 is 2.09 bits per heavy atom. The number of carbonyl (C=O) groups excluding carboxylic acids is 1. The molecular formula is C18H36N2O3. The zero-order valence-corrected chi connectivity index (χ0v) is 15.9. The van der Waals surface area contributed by atoms with E-state index >= 15 is 0 Å². The molecule has 136 valence electrons. The van der Waals surface area contributed by atoms with Gasteiger partial charge in [0, 0.05) is 31.8 Å². The van der Waals surface area contributed by atoms with E-state index in [2.05, 4.69) is 19.2 Å². The Morgan fingerprint density at radius 1 is 1.39 bits per heavy atom. The van der Waals surface area contributed by atoms with Crippen molar-refractivity contribution in [2.24, 2.45) is 0 Å². The first-order valence-corrected chi connectivity index (χ1v) is 9.01. The van der Waals surface area contributed by atoms with Crippen molar-refractivity contribution in [3.05, 3.63) is 0 Å². The third-order valence-electron chi connectivity index (χ3n) is 4.16. The van der Waals surface area contributed by atoms with Gasteiger partial charge in [-0.3, -0.25) is 0 Å². The molecule has 0 aromatic carbocycles. The van der Waals surface area contributed by atoms with Gasteiger partial charge in [-0.15, -0.1) is 0 Å². The van der Waals surface area contributed by atoms with Gasteiger partial charge in [0.05, 0.1) is 6.61 Å². The van der Waals surface area contributed by atoms with Gasteiger partial charge in [-0.05, 0) is 53.4 Å². The summed E-state index contributed by atoms with van der Waals surface area (Å²) in [5.41, 5.74) is -0.432. The van der Waals surface area contributed by atoms with Gasteiger partial charge in [-0.2, -0.15) is 0 Å². The van der Waals surface area contributed by atoms with Crippen LogP contribution in [0.1, 0.15) is 66.7 Å². The Hall–Kier alpha value is -0.810. The molecule has 1 heterocycles. The molecule has 1 fully saturated rings. The molecule has 3 unspecified atom stereocenters. The second-order valence-electron chi connectivity index (χ2n) is 7.71. The molecule has 3 atom stereocenters. The maximum atomic E-state index is 12.3. The molecule has 23 heavy (non-hydrogen) atoms. The van der Waals surface area contributed by atoms with E-state index in [1.165, 1.54) is 0 Å². The first-order valence-electron chi connectivity index (χ1n) is 9.01. The highest BCUT2D eigenvalue weighted by Gasteiger charge is 2.33. The standard InChI is InChI=1S/C18H36N2O3/c1-7-9-15(13-22-6)19-14(2)12-16-10-8-11-20(16)17(21)23-18(3,4)5/h14-16,19H,7-13H2,1-6H3. The molecule has 0 bridgehead atoms. The maximum absolute atomic E-state index is 12.3. The minimum absolute atomic E-state index is 0.172. The first-order chi connectivity index (χ1) is 10.8. The highest BCUT2D eigenvalue weighted by atomic mass is 16.6. The number of nitrogens with one attached hydrogen (secondary N) is 1. The Kier molecular flexibility index (Phi) is 8.34. The van der Waals surface area contributed by atoms with Crippen LogP contribution < -0.4 is 5.32 Å². The third-order valence-corrected chi connectivity index (χ3v) is 4.16. The monoisotopic (exact) mass is 328 g/mol. The topological polar surface area (TPSA) is 50.8 Å². The van der Waals surface area contributed by atoms with Crippen molar-refractivity contribution in [1.29, 1.82) is 0 Å². The summed E-state index contributed by atoms with van der Waals surface area (Å²) in [5.74, 6) is 0. The second kappa shape index (κ2) is 9.48. The van der Waals surface area contributed by atoms with Crippen LogP contribution >= 0.6 is 0 Å². The molecule has 1 N–H and O–H groups in total. The van der Waals surface area contributed by atoms with E-state index < -0.39 is 5.60 Å². The first kappa shape index (κ1) is 20.2. The van der Waals surface area contributed by atoms with Crippen LogP contribution in [0.2, 0.25) is 0 Å². The van der Waals surface area contributed by atoms with Gasteiger partial charge in [0.1, 0.15) is 5.60 Å². The third kappa shape index (κ3) is 7.53. The lowest BCUT2D eigenvalue weighted by Gasteiger charge is -2.31. The summed E-state index contributed by atoms with van der Waals surface area (Å²) in [4.78, 5) is 14.3. The molecule has 0 aromatic rings. The fraction of sp³-hybridized carbons (Fsp3) is 0.944. The second-order valence-corrected chi connectivity index (χ2v) is 7.71. The van der Waals surface area contributed by atoms with Crippen LogP contribution in [0.4, 0.5) is 4.79 Å². The van der Waals surface area contributed by atoms with Crippen LogP contribution in [-0.2, 0) is 9.47 Å². The highest BCUT2D eigenvalue weighted by Crippen LogP contribution is 2.24. The van der Waals surface area contributed by atoms with Crippen LogP contribution in [0.3, 0.4) is 0 Å². The number of rotatable bonds is 8. The number of likely N-dealkylation sites (tertiary alicyclic amines) is 1. The molecule has 0 aromatic heterocycles. The largest absolute Gasteiger partial charge is 0.444 e. The van der Waals surface area contributed by atoms with Gasteiger partial charge in [-0.1, -0.05) is 13.3 Å². The number of amides is 1. The quantitative estimate of drug-likeness (QED) is 0.740.